The Balaban J connectivity index is 1.81. The molecule has 3 rings (SSSR count). The van der Waals surface area contributed by atoms with Gasteiger partial charge in [0.15, 0.2) is 5.69 Å². The lowest BCUT2D eigenvalue weighted by molar-refractivity contribution is 0.102. The van der Waals surface area contributed by atoms with Crippen LogP contribution in [-0.4, -0.2) is 20.8 Å². The quantitative estimate of drug-likeness (QED) is 0.705. The van der Waals surface area contributed by atoms with Crippen molar-refractivity contribution in [1.29, 1.82) is 0 Å². The second-order valence-corrected chi connectivity index (χ2v) is 4.11. The summed E-state index contributed by atoms with van der Waals surface area (Å²) < 4.78 is 6.22. The summed E-state index contributed by atoms with van der Waals surface area (Å²) in [6.07, 6.45) is 4.44. The lowest BCUT2D eigenvalue weighted by Crippen LogP contribution is -2.12. The van der Waals surface area contributed by atoms with Crippen molar-refractivity contribution in [3.63, 3.8) is 0 Å². The Morgan fingerprint density at radius 1 is 1.35 bits per heavy atom. The van der Waals surface area contributed by atoms with E-state index in [-0.39, 0.29) is 11.6 Å². The summed E-state index contributed by atoms with van der Waals surface area (Å²) in [5.74, 6) is -0.337. The van der Waals surface area contributed by atoms with E-state index < -0.39 is 0 Å². The van der Waals surface area contributed by atoms with Gasteiger partial charge in [0.25, 0.3) is 5.91 Å². The Hall–Kier alpha value is -3.09. The average molecular weight is 269 g/mol. The number of aromatic nitrogens is 3. The van der Waals surface area contributed by atoms with E-state index in [1.807, 2.05) is 12.1 Å². The van der Waals surface area contributed by atoms with Crippen molar-refractivity contribution in [1.82, 2.24) is 14.9 Å². The molecule has 0 spiro atoms. The minimum absolute atomic E-state index is 0.286. The summed E-state index contributed by atoms with van der Waals surface area (Å²) in [7, 11) is 0. The van der Waals surface area contributed by atoms with E-state index >= 15 is 0 Å². The molecule has 0 saturated carbocycles. The Morgan fingerprint density at radius 3 is 3.00 bits per heavy atom. The monoisotopic (exact) mass is 269 g/mol. The fraction of sp³-hybridized carbons (Fsp3) is 0. The highest BCUT2D eigenvalue weighted by molar-refractivity contribution is 6.02. The lowest BCUT2D eigenvalue weighted by Gasteiger charge is -2.02. The molecule has 3 N–H and O–H groups in total. The smallest absolute Gasteiger partial charge is 0.276 e. The second-order valence-electron chi connectivity index (χ2n) is 4.11. The molecule has 7 heteroatoms. The van der Waals surface area contributed by atoms with Crippen LogP contribution in [0.4, 0.5) is 11.4 Å². The van der Waals surface area contributed by atoms with Crippen molar-refractivity contribution in [3.05, 3.63) is 54.7 Å². The van der Waals surface area contributed by atoms with E-state index in [0.717, 1.165) is 5.69 Å². The average Bonchev–Trinajstić information content (AvgIpc) is 3.09. The molecule has 1 aromatic carbocycles. The van der Waals surface area contributed by atoms with Crippen molar-refractivity contribution in [2.75, 3.05) is 11.1 Å². The fourth-order valence-electron chi connectivity index (χ4n) is 1.72. The normalized spacial score (nSPS) is 10.4. The molecule has 0 aliphatic heterocycles. The van der Waals surface area contributed by atoms with Crippen LogP contribution in [0, 0.1) is 0 Å². The van der Waals surface area contributed by atoms with Crippen molar-refractivity contribution in [3.8, 4) is 5.69 Å². The minimum Gasteiger partial charge on any atom is -0.399 e. The van der Waals surface area contributed by atoms with Gasteiger partial charge in [-0.1, -0.05) is 11.2 Å². The Labute approximate surface area is 114 Å². The van der Waals surface area contributed by atoms with Gasteiger partial charge < -0.3 is 15.6 Å². The van der Waals surface area contributed by atoms with Crippen LogP contribution < -0.4 is 11.1 Å². The van der Waals surface area contributed by atoms with Gasteiger partial charge in [0, 0.05) is 11.9 Å². The highest BCUT2D eigenvalue weighted by Gasteiger charge is 2.11. The number of amides is 1. The summed E-state index contributed by atoms with van der Waals surface area (Å²) >= 11 is 0. The van der Waals surface area contributed by atoms with Gasteiger partial charge in [-0.05, 0) is 24.3 Å². The van der Waals surface area contributed by atoms with Crippen LogP contribution in [0.15, 0.2) is 53.5 Å². The highest BCUT2D eigenvalue weighted by Crippen LogP contribution is 2.12. The van der Waals surface area contributed by atoms with Gasteiger partial charge in [-0.2, -0.15) is 5.10 Å². The van der Waals surface area contributed by atoms with E-state index in [1.54, 1.807) is 29.1 Å². The molecule has 2 aromatic heterocycles. The highest BCUT2D eigenvalue weighted by atomic mass is 16.5. The zero-order chi connectivity index (χ0) is 13.9. The maximum absolute atomic E-state index is 11.9. The maximum Gasteiger partial charge on any atom is 0.276 e. The number of carbonyl (C=O) groups is 1. The van der Waals surface area contributed by atoms with Crippen LogP contribution in [0.3, 0.4) is 0 Å². The minimum atomic E-state index is -0.337. The standard InChI is InChI=1S/C13H11N5O2/c14-9-2-1-3-11(6-9)18-5-4-12(17-18)13(19)16-10-7-15-20-8-10/h1-8H,14H2,(H,16,19). The molecule has 0 bridgehead atoms. The van der Waals surface area contributed by atoms with Gasteiger partial charge in [-0.25, -0.2) is 4.68 Å². The van der Waals surface area contributed by atoms with Crippen molar-refractivity contribution < 1.29 is 9.32 Å². The van der Waals surface area contributed by atoms with Crippen LogP contribution in [-0.2, 0) is 0 Å². The topological polar surface area (TPSA) is 99.0 Å². The summed E-state index contributed by atoms with van der Waals surface area (Å²) in [6.45, 7) is 0. The number of nitrogens with zero attached hydrogens (tertiary/aromatic N) is 3. The van der Waals surface area contributed by atoms with Crippen molar-refractivity contribution in [2.24, 2.45) is 0 Å². The molecule has 0 saturated heterocycles. The van der Waals surface area contributed by atoms with E-state index in [9.17, 15) is 4.79 Å². The molecule has 7 nitrogen and oxygen atoms in total. The second kappa shape index (κ2) is 4.88. The third kappa shape index (κ3) is 2.37. The van der Waals surface area contributed by atoms with Crippen LogP contribution in [0.1, 0.15) is 10.5 Å². The molecule has 2 heterocycles. The molecule has 0 radical (unpaired) electrons. The molecule has 0 unspecified atom stereocenters. The first kappa shape index (κ1) is 12.0. The number of hydrogen-bond acceptors (Lipinski definition) is 5. The number of carbonyl (C=O) groups excluding carboxylic acids is 1. The van der Waals surface area contributed by atoms with E-state index in [4.69, 9.17) is 5.73 Å². The molecule has 1 amide bonds. The molecule has 0 atom stereocenters. The maximum atomic E-state index is 11.9. The van der Waals surface area contributed by atoms with Crippen LogP contribution in [0.2, 0.25) is 0 Å². The number of anilines is 2. The SMILES string of the molecule is Nc1cccc(-n2ccc(C(=O)Nc3cnoc3)n2)c1. The number of benzene rings is 1. The summed E-state index contributed by atoms with van der Waals surface area (Å²) in [6, 6.07) is 8.85. The van der Waals surface area contributed by atoms with Gasteiger partial charge in [0.2, 0.25) is 0 Å². The van der Waals surface area contributed by atoms with E-state index in [1.165, 1.54) is 12.5 Å². The van der Waals surface area contributed by atoms with Crippen molar-refractivity contribution in [2.45, 2.75) is 0 Å². The van der Waals surface area contributed by atoms with Gasteiger partial charge in [0.05, 0.1) is 11.9 Å². The number of nitrogens with two attached hydrogens (primary N) is 1. The first-order valence-corrected chi connectivity index (χ1v) is 5.85. The predicted octanol–water partition coefficient (Wildman–Crippen LogP) is 1.69. The Kier molecular flexibility index (Phi) is 2.92. The van der Waals surface area contributed by atoms with Crippen LogP contribution >= 0.6 is 0 Å². The number of nitrogens with one attached hydrogen (secondary N) is 1. The zero-order valence-corrected chi connectivity index (χ0v) is 10.4. The van der Waals surface area contributed by atoms with Gasteiger partial charge in [0.1, 0.15) is 12.0 Å². The molecule has 20 heavy (non-hydrogen) atoms. The first-order valence-electron chi connectivity index (χ1n) is 5.85. The number of hydrogen-bond donors (Lipinski definition) is 2. The summed E-state index contributed by atoms with van der Waals surface area (Å²) in [4.78, 5) is 11.9. The molecule has 100 valence electrons. The molecular weight excluding hydrogens is 258 g/mol. The predicted molar refractivity (Wildman–Crippen MR) is 72.4 cm³/mol. The molecule has 0 aliphatic carbocycles. The van der Waals surface area contributed by atoms with Crippen molar-refractivity contribution >= 4 is 17.3 Å². The van der Waals surface area contributed by atoms with Gasteiger partial charge in [-0.15, -0.1) is 0 Å². The third-order valence-corrected chi connectivity index (χ3v) is 2.65. The first-order chi connectivity index (χ1) is 9.72. The van der Waals surface area contributed by atoms with Crippen LogP contribution in [0.25, 0.3) is 5.69 Å². The lowest BCUT2D eigenvalue weighted by atomic mass is 10.3. The molecule has 3 aromatic rings. The molecule has 0 aliphatic rings. The zero-order valence-electron chi connectivity index (χ0n) is 10.4. The Morgan fingerprint density at radius 2 is 2.25 bits per heavy atom. The van der Waals surface area contributed by atoms with E-state index in [0.29, 0.717) is 11.4 Å². The fourth-order valence-corrected chi connectivity index (χ4v) is 1.72. The molecule has 0 fully saturated rings. The molecular formula is C13H11N5O2. The van der Waals surface area contributed by atoms with Gasteiger partial charge in [-0.3, -0.25) is 4.79 Å². The number of rotatable bonds is 3. The Bertz CT molecular complexity index is 733. The van der Waals surface area contributed by atoms with E-state index in [2.05, 4.69) is 20.1 Å². The van der Waals surface area contributed by atoms with Gasteiger partial charge >= 0.3 is 0 Å². The summed E-state index contributed by atoms with van der Waals surface area (Å²) in [5.41, 5.74) is 7.90. The third-order valence-electron chi connectivity index (χ3n) is 2.65. The number of nitrogen functional groups attached to an aromatic ring is 1. The van der Waals surface area contributed by atoms with Crippen LogP contribution in [0.5, 0.6) is 0 Å². The summed E-state index contributed by atoms with van der Waals surface area (Å²) in [5, 5.41) is 10.3. The largest absolute Gasteiger partial charge is 0.399 e.